The zero-order chi connectivity index (χ0) is 35.2. The molecule has 218 valence electrons. The molecule has 0 aliphatic heterocycles. The van der Waals surface area contributed by atoms with Crippen LogP contribution in [0, 0.1) is 0 Å². The standard InChI is InChI=1S/C42H30N4/c1-42(2)35-19-11-9-17-31(35)33-25-34-32-18-10-12-20-37(32)46(38(34)26-36(33)42)41-44-39(29-15-7-4-8-16-29)43-40(45-41)30-23-21-28(22-24-30)27-13-5-3-6-14-27/h3-26H,1-2H3/i4D,7D,8D,15D,16D. The van der Waals surface area contributed by atoms with E-state index < -0.39 is 18.1 Å². The summed E-state index contributed by atoms with van der Waals surface area (Å²) in [7, 11) is 0. The predicted molar refractivity (Wildman–Crippen MR) is 188 cm³/mol. The summed E-state index contributed by atoms with van der Waals surface area (Å²) >= 11 is 0. The molecule has 1 aliphatic carbocycles. The molecule has 0 unspecified atom stereocenters. The largest absolute Gasteiger partial charge is 0.278 e. The number of aromatic nitrogens is 4. The Hall–Kier alpha value is -5.87. The summed E-state index contributed by atoms with van der Waals surface area (Å²) in [6.07, 6.45) is 0. The van der Waals surface area contributed by atoms with Crippen LogP contribution in [0.15, 0.2) is 145 Å². The lowest BCUT2D eigenvalue weighted by atomic mass is 9.82. The van der Waals surface area contributed by atoms with Gasteiger partial charge in [-0.15, -0.1) is 0 Å². The van der Waals surface area contributed by atoms with Crippen LogP contribution in [0.1, 0.15) is 31.8 Å². The fourth-order valence-electron chi connectivity index (χ4n) is 6.89. The third-order valence-corrected chi connectivity index (χ3v) is 9.17. The van der Waals surface area contributed by atoms with Gasteiger partial charge < -0.3 is 0 Å². The number of nitrogens with zero attached hydrogens (tertiary/aromatic N) is 4. The molecule has 2 heterocycles. The van der Waals surface area contributed by atoms with Gasteiger partial charge in [0.1, 0.15) is 0 Å². The average molecular weight is 596 g/mol. The van der Waals surface area contributed by atoms with E-state index in [1.54, 1.807) is 0 Å². The number of hydrogen-bond acceptors (Lipinski definition) is 3. The monoisotopic (exact) mass is 595 g/mol. The molecular weight excluding hydrogens is 560 g/mol. The van der Waals surface area contributed by atoms with Gasteiger partial charge in [0, 0.05) is 27.3 Å². The highest BCUT2D eigenvalue weighted by molar-refractivity contribution is 6.11. The van der Waals surface area contributed by atoms with Crippen LogP contribution >= 0.6 is 0 Å². The Morgan fingerprint density at radius 1 is 0.522 bits per heavy atom. The van der Waals surface area contributed by atoms with Gasteiger partial charge in [0.2, 0.25) is 5.95 Å². The maximum Gasteiger partial charge on any atom is 0.238 e. The fraction of sp³-hybridized carbons (Fsp3) is 0.0714. The minimum atomic E-state index is -0.473. The molecule has 0 N–H and O–H groups in total. The lowest BCUT2D eigenvalue weighted by Gasteiger charge is -2.21. The van der Waals surface area contributed by atoms with Gasteiger partial charge in [-0.1, -0.05) is 141 Å². The molecule has 0 saturated heterocycles. The molecule has 0 atom stereocenters. The smallest absolute Gasteiger partial charge is 0.238 e. The third kappa shape index (κ3) is 4.04. The Balaban J connectivity index is 1.33. The molecule has 9 rings (SSSR count). The average Bonchev–Trinajstić information content (AvgIpc) is 3.60. The summed E-state index contributed by atoms with van der Waals surface area (Å²) < 4.78 is 44.6. The molecule has 4 heteroatoms. The Bertz CT molecular complexity index is 2690. The van der Waals surface area contributed by atoms with Crippen molar-refractivity contribution in [1.29, 1.82) is 0 Å². The van der Waals surface area contributed by atoms with Gasteiger partial charge in [-0.3, -0.25) is 4.57 Å². The molecular formula is C42H30N4. The van der Waals surface area contributed by atoms with E-state index in [1.807, 2.05) is 77.4 Å². The highest BCUT2D eigenvalue weighted by atomic mass is 15.2. The molecule has 0 spiro atoms. The predicted octanol–water partition coefficient (Wildman–Crippen LogP) is 10.3. The first-order valence-electron chi connectivity index (χ1n) is 17.8. The zero-order valence-corrected chi connectivity index (χ0v) is 25.3. The van der Waals surface area contributed by atoms with E-state index in [0.29, 0.717) is 11.4 Å². The Morgan fingerprint density at radius 2 is 1.17 bits per heavy atom. The van der Waals surface area contributed by atoms with Crippen molar-refractivity contribution in [2.75, 3.05) is 0 Å². The van der Waals surface area contributed by atoms with E-state index in [9.17, 15) is 0 Å². The first-order valence-corrected chi connectivity index (χ1v) is 15.3. The molecule has 46 heavy (non-hydrogen) atoms. The summed E-state index contributed by atoms with van der Waals surface area (Å²) in [6, 6.07) is 37.0. The van der Waals surface area contributed by atoms with E-state index in [1.165, 1.54) is 22.3 Å². The van der Waals surface area contributed by atoms with E-state index in [-0.39, 0.29) is 34.8 Å². The van der Waals surface area contributed by atoms with Crippen molar-refractivity contribution in [2.45, 2.75) is 19.3 Å². The second-order valence-electron chi connectivity index (χ2n) is 12.2. The number of rotatable bonds is 4. The minimum absolute atomic E-state index is 0.000961. The molecule has 0 saturated carbocycles. The van der Waals surface area contributed by atoms with Crippen molar-refractivity contribution >= 4 is 21.8 Å². The molecule has 0 fully saturated rings. The second-order valence-corrected chi connectivity index (χ2v) is 12.2. The van der Waals surface area contributed by atoms with Crippen molar-refractivity contribution in [3.05, 3.63) is 157 Å². The maximum atomic E-state index is 8.79. The molecule has 2 aromatic heterocycles. The molecule has 1 aliphatic rings. The number of para-hydroxylation sites is 1. The summed E-state index contributed by atoms with van der Waals surface area (Å²) in [5, 5.41) is 2.06. The Kier molecular flexibility index (Phi) is 4.77. The van der Waals surface area contributed by atoms with Gasteiger partial charge in [0.25, 0.3) is 0 Å². The molecule has 4 nitrogen and oxygen atoms in total. The third-order valence-electron chi connectivity index (χ3n) is 9.17. The van der Waals surface area contributed by atoms with Gasteiger partial charge >= 0.3 is 0 Å². The molecule has 0 bridgehead atoms. The van der Waals surface area contributed by atoms with Gasteiger partial charge in [0.15, 0.2) is 11.6 Å². The van der Waals surface area contributed by atoms with Crippen LogP contribution in [0.2, 0.25) is 0 Å². The van der Waals surface area contributed by atoms with Crippen molar-refractivity contribution in [3.63, 3.8) is 0 Å². The first kappa shape index (κ1) is 21.8. The maximum absolute atomic E-state index is 8.79. The Morgan fingerprint density at radius 3 is 1.98 bits per heavy atom. The summed E-state index contributed by atoms with van der Waals surface area (Å²) in [5.41, 5.74) is 9.14. The quantitative estimate of drug-likeness (QED) is 0.203. The topological polar surface area (TPSA) is 43.6 Å². The van der Waals surface area contributed by atoms with E-state index >= 15 is 0 Å². The normalized spacial score (nSPS) is 14.7. The van der Waals surface area contributed by atoms with Crippen molar-refractivity contribution in [3.8, 4) is 51.0 Å². The van der Waals surface area contributed by atoms with Crippen LogP contribution in [0.4, 0.5) is 0 Å². The molecule has 0 radical (unpaired) electrons. The van der Waals surface area contributed by atoms with E-state index in [2.05, 4.69) is 56.3 Å². The van der Waals surface area contributed by atoms with Gasteiger partial charge in [0.05, 0.1) is 17.9 Å². The molecule has 8 aromatic rings. The first-order chi connectivity index (χ1) is 24.6. The van der Waals surface area contributed by atoms with Crippen LogP contribution < -0.4 is 0 Å². The van der Waals surface area contributed by atoms with Crippen molar-refractivity contribution in [2.24, 2.45) is 0 Å². The molecule has 6 aromatic carbocycles. The van der Waals surface area contributed by atoms with Crippen LogP contribution in [-0.2, 0) is 5.41 Å². The van der Waals surface area contributed by atoms with E-state index in [0.717, 1.165) is 32.9 Å². The number of hydrogen-bond donors (Lipinski definition) is 0. The lowest BCUT2D eigenvalue weighted by Crippen LogP contribution is -2.15. The SMILES string of the molecule is [2H]c1c([2H])c([2H])c(-c2nc(-c3ccc(-c4ccccc4)cc3)nc(-n3c4ccccc4c4cc5c(cc43)C(C)(C)c3ccccc3-5)n2)c([2H])c1[2H]. The zero-order valence-electron chi connectivity index (χ0n) is 30.3. The summed E-state index contributed by atoms with van der Waals surface area (Å²) in [6.45, 7) is 4.49. The van der Waals surface area contributed by atoms with Crippen LogP contribution in [0.3, 0.4) is 0 Å². The minimum Gasteiger partial charge on any atom is -0.278 e. The van der Waals surface area contributed by atoms with Gasteiger partial charge in [-0.05, 0) is 51.6 Å². The number of benzene rings is 6. The van der Waals surface area contributed by atoms with E-state index in [4.69, 9.17) is 21.8 Å². The summed E-state index contributed by atoms with van der Waals surface area (Å²) in [4.78, 5) is 14.8. The fourth-order valence-corrected chi connectivity index (χ4v) is 6.89. The lowest BCUT2D eigenvalue weighted by molar-refractivity contribution is 0.661. The second kappa shape index (κ2) is 10.1. The summed E-state index contributed by atoms with van der Waals surface area (Å²) in [5.74, 6) is 0.605. The molecule has 0 amide bonds. The van der Waals surface area contributed by atoms with Gasteiger partial charge in [-0.2, -0.15) is 9.97 Å². The van der Waals surface area contributed by atoms with Crippen LogP contribution in [-0.4, -0.2) is 19.5 Å². The van der Waals surface area contributed by atoms with Crippen LogP contribution in [0.25, 0.3) is 72.8 Å². The number of fused-ring (bicyclic) bond motifs is 6. The van der Waals surface area contributed by atoms with Crippen LogP contribution in [0.5, 0.6) is 0 Å². The highest BCUT2D eigenvalue weighted by Gasteiger charge is 2.36. The van der Waals surface area contributed by atoms with Crippen molar-refractivity contribution in [1.82, 2.24) is 19.5 Å². The Labute approximate surface area is 274 Å². The highest BCUT2D eigenvalue weighted by Crippen LogP contribution is 2.50. The van der Waals surface area contributed by atoms with Crippen molar-refractivity contribution < 1.29 is 6.85 Å². The van der Waals surface area contributed by atoms with Gasteiger partial charge in [-0.25, -0.2) is 4.98 Å².